The van der Waals surface area contributed by atoms with Gasteiger partial charge in [-0.25, -0.2) is 0 Å². The molecule has 0 fully saturated rings. The maximum absolute atomic E-state index is 10.0. The first-order chi connectivity index (χ1) is 8.69. The SMILES string of the molecule is OCc1cc(-c2ccccc2)c(O)c(CO)c1O. The highest BCUT2D eigenvalue weighted by Crippen LogP contribution is 2.39. The zero-order chi connectivity index (χ0) is 13.1. The molecule has 18 heavy (non-hydrogen) atoms. The van der Waals surface area contributed by atoms with Gasteiger partial charge in [-0.05, 0) is 11.6 Å². The van der Waals surface area contributed by atoms with Gasteiger partial charge in [0.05, 0.1) is 18.8 Å². The van der Waals surface area contributed by atoms with Crippen LogP contribution in [0.2, 0.25) is 0 Å². The molecule has 2 rings (SSSR count). The van der Waals surface area contributed by atoms with Gasteiger partial charge in [0.15, 0.2) is 0 Å². The van der Waals surface area contributed by atoms with E-state index in [-0.39, 0.29) is 29.2 Å². The van der Waals surface area contributed by atoms with Crippen LogP contribution in [0.25, 0.3) is 11.1 Å². The van der Waals surface area contributed by atoms with Crippen molar-refractivity contribution < 1.29 is 20.4 Å². The average molecular weight is 246 g/mol. The molecule has 0 saturated carbocycles. The van der Waals surface area contributed by atoms with Crippen molar-refractivity contribution >= 4 is 0 Å². The number of hydrogen-bond donors (Lipinski definition) is 4. The molecule has 0 aliphatic heterocycles. The molecule has 4 heteroatoms. The molecule has 4 N–H and O–H groups in total. The number of phenols is 2. The summed E-state index contributed by atoms with van der Waals surface area (Å²) in [6.45, 7) is -0.857. The molecule has 0 aliphatic carbocycles. The van der Waals surface area contributed by atoms with E-state index >= 15 is 0 Å². The van der Waals surface area contributed by atoms with E-state index in [1.807, 2.05) is 18.2 Å². The predicted octanol–water partition coefficient (Wildman–Crippen LogP) is 1.75. The van der Waals surface area contributed by atoms with Crippen LogP contribution in [0.3, 0.4) is 0 Å². The van der Waals surface area contributed by atoms with E-state index in [4.69, 9.17) is 0 Å². The third-order valence-corrected chi connectivity index (χ3v) is 2.86. The molecule has 0 atom stereocenters. The first-order valence-corrected chi connectivity index (χ1v) is 5.52. The molecule has 0 bridgehead atoms. The smallest absolute Gasteiger partial charge is 0.132 e. The highest BCUT2D eigenvalue weighted by atomic mass is 16.3. The van der Waals surface area contributed by atoms with Crippen LogP contribution < -0.4 is 0 Å². The van der Waals surface area contributed by atoms with Crippen molar-refractivity contribution in [3.05, 3.63) is 47.5 Å². The van der Waals surface area contributed by atoms with Crippen molar-refractivity contribution in [2.45, 2.75) is 13.2 Å². The van der Waals surface area contributed by atoms with Crippen molar-refractivity contribution in [1.29, 1.82) is 0 Å². The molecule has 4 nitrogen and oxygen atoms in total. The number of rotatable bonds is 3. The van der Waals surface area contributed by atoms with Crippen LogP contribution in [0, 0.1) is 0 Å². The van der Waals surface area contributed by atoms with Crippen molar-refractivity contribution in [3.8, 4) is 22.6 Å². The van der Waals surface area contributed by atoms with Gasteiger partial charge < -0.3 is 20.4 Å². The summed E-state index contributed by atoms with van der Waals surface area (Å²) in [5, 5.41) is 38.2. The zero-order valence-corrected chi connectivity index (χ0v) is 9.67. The van der Waals surface area contributed by atoms with Crippen LogP contribution in [-0.2, 0) is 13.2 Å². The van der Waals surface area contributed by atoms with Crippen molar-refractivity contribution in [1.82, 2.24) is 0 Å². The van der Waals surface area contributed by atoms with Gasteiger partial charge in [0.25, 0.3) is 0 Å². The lowest BCUT2D eigenvalue weighted by molar-refractivity contribution is 0.259. The van der Waals surface area contributed by atoms with Crippen molar-refractivity contribution in [3.63, 3.8) is 0 Å². The Balaban J connectivity index is 2.68. The molecular formula is C14H14O4. The topological polar surface area (TPSA) is 80.9 Å². The summed E-state index contributed by atoms with van der Waals surface area (Å²) in [6, 6.07) is 10.6. The molecular weight excluding hydrogens is 232 g/mol. The molecule has 0 unspecified atom stereocenters. The fourth-order valence-electron chi connectivity index (χ4n) is 1.89. The van der Waals surface area contributed by atoms with Crippen LogP contribution in [0.15, 0.2) is 36.4 Å². The monoisotopic (exact) mass is 246 g/mol. The number of aliphatic hydroxyl groups excluding tert-OH is 2. The predicted molar refractivity (Wildman–Crippen MR) is 67.1 cm³/mol. The van der Waals surface area contributed by atoms with E-state index in [1.165, 1.54) is 6.07 Å². The summed E-state index contributed by atoms with van der Waals surface area (Å²) in [5.41, 5.74) is 1.53. The van der Waals surface area contributed by atoms with Gasteiger partial charge in [0, 0.05) is 11.1 Å². The van der Waals surface area contributed by atoms with E-state index < -0.39 is 6.61 Å². The highest BCUT2D eigenvalue weighted by Gasteiger charge is 2.17. The standard InChI is InChI=1S/C14H14O4/c15-7-10-6-11(9-4-2-1-3-5-9)14(18)12(8-16)13(10)17/h1-6,15-18H,7-8H2. The van der Waals surface area contributed by atoms with E-state index in [0.717, 1.165) is 5.56 Å². The Bertz CT molecular complexity index is 549. The van der Waals surface area contributed by atoms with Crippen LogP contribution >= 0.6 is 0 Å². The zero-order valence-electron chi connectivity index (χ0n) is 9.67. The Morgan fingerprint density at radius 1 is 0.833 bits per heavy atom. The van der Waals surface area contributed by atoms with Crippen molar-refractivity contribution in [2.24, 2.45) is 0 Å². The van der Waals surface area contributed by atoms with Crippen LogP contribution in [-0.4, -0.2) is 20.4 Å². The molecule has 0 heterocycles. The molecule has 0 aromatic heterocycles. The first kappa shape index (κ1) is 12.4. The summed E-state index contributed by atoms with van der Waals surface area (Å²) >= 11 is 0. The Hall–Kier alpha value is -2.04. The largest absolute Gasteiger partial charge is 0.507 e. The van der Waals surface area contributed by atoms with Gasteiger partial charge in [-0.15, -0.1) is 0 Å². The normalized spacial score (nSPS) is 10.6. The molecule has 94 valence electrons. The summed E-state index contributed by atoms with van der Waals surface area (Å²) in [7, 11) is 0. The fraction of sp³-hybridized carbons (Fsp3) is 0.143. The van der Waals surface area contributed by atoms with Crippen LogP contribution in [0.1, 0.15) is 11.1 Å². The van der Waals surface area contributed by atoms with E-state index in [9.17, 15) is 20.4 Å². The summed E-state index contributed by atoms with van der Waals surface area (Å²) in [4.78, 5) is 0. The Morgan fingerprint density at radius 3 is 2.06 bits per heavy atom. The van der Waals surface area contributed by atoms with Gasteiger partial charge in [-0.3, -0.25) is 0 Å². The fourth-order valence-corrected chi connectivity index (χ4v) is 1.89. The van der Waals surface area contributed by atoms with Gasteiger partial charge in [0.1, 0.15) is 11.5 Å². The lowest BCUT2D eigenvalue weighted by Crippen LogP contribution is -1.95. The second kappa shape index (κ2) is 5.08. The maximum Gasteiger partial charge on any atom is 0.132 e. The van der Waals surface area contributed by atoms with Gasteiger partial charge in [0.2, 0.25) is 0 Å². The number of hydrogen-bond acceptors (Lipinski definition) is 4. The highest BCUT2D eigenvalue weighted by molar-refractivity contribution is 5.74. The van der Waals surface area contributed by atoms with Crippen molar-refractivity contribution in [2.75, 3.05) is 0 Å². The quantitative estimate of drug-likeness (QED) is 0.665. The molecule has 2 aromatic rings. The van der Waals surface area contributed by atoms with Gasteiger partial charge in [-0.2, -0.15) is 0 Å². The average Bonchev–Trinajstić information content (AvgIpc) is 2.41. The third-order valence-electron chi connectivity index (χ3n) is 2.86. The van der Waals surface area contributed by atoms with Crippen LogP contribution in [0.4, 0.5) is 0 Å². The van der Waals surface area contributed by atoms with Crippen LogP contribution in [0.5, 0.6) is 11.5 Å². The van der Waals surface area contributed by atoms with E-state index in [1.54, 1.807) is 12.1 Å². The molecule has 0 spiro atoms. The second-order valence-corrected chi connectivity index (χ2v) is 3.94. The Labute approximate surface area is 104 Å². The minimum absolute atomic E-state index is 0.0282. The number of aliphatic hydroxyl groups is 2. The summed E-state index contributed by atoms with van der Waals surface area (Å²) in [6.07, 6.45) is 0. The third kappa shape index (κ3) is 2.03. The molecule has 0 amide bonds. The van der Waals surface area contributed by atoms with Gasteiger partial charge >= 0.3 is 0 Å². The van der Waals surface area contributed by atoms with E-state index in [2.05, 4.69) is 0 Å². The Morgan fingerprint density at radius 2 is 1.50 bits per heavy atom. The minimum Gasteiger partial charge on any atom is -0.507 e. The molecule has 0 aliphatic rings. The molecule has 0 saturated heterocycles. The second-order valence-electron chi connectivity index (χ2n) is 3.94. The lowest BCUT2D eigenvalue weighted by Gasteiger charge is -2.13. The lowest BCUT2D eigenvalue weighted by atomic mass is 9.97. The van der Waals surface area contributed by atoms with E-state index in [0.29, 0.717) is 5.56 Å². The maximum atomic E-state index is 10.0. The molecule has 2 aromatic carbocycles. The number of aromatic hydroxyl groups is 2. The summed E-state index contributed by atoms with van der Waals surface area (Å²) < 4.78 is 0. The minimum atomic E-state index is -0.495. The molecule has 0 radical (unpaired) electrons. The first-order valence-electron chi connectivity index (χ1n) is 5.52. The van der Waals surface area contributed by atoms with Gasteiger partial charge in [-0.1, -0.05) is 30.3 Å². The number of benzene rings is 2. The Kier molecular flexibility index (Phi) is 3.50. The summed E-state index contributed by atoms with van der Waals surface area (Å²) in [5.74, 6) is -0.435.